The lowest BCUT2D eigenvalue weighted by atomic mass is 10.1. The summed E-state index contributed by atoms with van der Waals surface area (Å²) in [6.45, 7) is 2.27. The van der Waals surface area contributed by atoms with Gasteiger partial charge in [-0.1, -0.05) is 29.8 Å². The lowest BCUT2D eigenvalue weighted by molar-refractivity contribution is 0.634. The number of aryl methyl sites for hydroxylation is 1. The van der Waals surface area contributed by atoms with Crippen LogP contribution in [0.25, 0.3) is 11.4 Å². The molecule has 0 aliphatic rings. The standard InChI is InChI=1S/C12H12N6O/c1-8-2-4-9(5-3-8)11-15-12(19)18(17-11)6-10-13-7-14-16-10/h2-5,7H,6H2,1H3,(H,13,14,16)(H,15,17,19). The largest absolute Gasteiger partial charge is 0.343 e. The average molecular weight is 256 g/mol. The number of H-pyrrole nitrogens is 2. The van der Waals surface area contributed by atoms with Crippen molar-refractivity contribution < 1.29 is 0 Å². The fraction of sp³-hybridized carbons (Fsp3) is 0.167. The molecule has 2 N–H and O–H groups in total. The Kier molecular flexibility index (Phi) is 2.71. The number of nitrogens with zero attached hydrogens (tertiary/aromatic N) is 4. The third-order valence-electron chi connectivity index (χ3n) is 2.77. The fourth-order valence-corrected chi connectivity index (χ4v) is 1.75. The zero-order chi connectivity index (χ0) is 13.2. The van der Waals surface area contributed by atoms with Gasteiger partial charge in [-0.05, 0) is 6.92 Å². The van der Waals surface area contributed by atoms with Crippen LogP contribution in [0, 0.1) is 6.92 Å². The molecule has 7 heteroatoms. The van der Waals surface area contributed by atoms with Crippen LogP contribution in [0.15, 0.2) is 35.4 Å². The average Bonchev–Trinajstić information content (AvgIpc) is 3.02. The second-order valence-corrected chi connectivity index (χ2v) is 4.23. The Hall–Kier alpha value is -2.70. The van der Waals surface area contributed by atoms with Crippen molar-refractivity contribution in [2.45, 2.75) is 13.5 Å². The van der Waals surface area contributed by atoms with E-state index in [2.05, 4.69) is 25.3 Å². The van der Waals surface area contributed by atoms with Crippen LogP contribution in [0.5, 0.6) is 0 Å². The third-order valence-corrected chi connectivity index (χ3v) is 2.77. The summed E-state index contributed by atoms with van der Waals surface area (Å²) in [5.74, 6) is 1.13. The molecule has 1 aromatic carbocycles. The molecule has 7 nitrogen and oxygen atoms in total. The van der Waals surface area contributed by atoms with E-state index in [1.807, 2.05) is 31.2 Å². The summed E-state index contributed by atoms with van der Waals surface area (Å²) in [6, 6.07) is 7.80. The van der Waals surface area contributed by atoms with Gasteiger partial charge in [0.1, 0.15) is 18.7 Å². The normalized spacial score (nSPS) is 10.8. The number of nitrogens with one attached hydrogen (secondary N) is 2. The Bertz CT molecular complexity index is 722. The van der Waals surface area contributed by atoms with Crippen molar-refractivity contribution in [3.8, 4) is 11.4 Å². The molecule has 3 rings (SSSR count). The quantitative estimate of drug-likeness (QED) is 0.722. The number of aromatic nitrogens is 6. The van der Waals surface area contributed by atoms with Crippen LogP contribution in [0.2, 0.25) is 0 Å². The first-order chi connectivity index (χ1) is 9.22. The molecule has 0 spiro atoms. The van der Waals surface area contributed by atoms with E-state index in [1.165, 1.54) is 11.0 Å². The Labute approximate surface area is 108 Å². The number of rotatable bonds is 3. The highest BCUT2D eigenvalue weighted by Crippen LogP contribution is 2.13. The summed E-state index contributed by atoms with van der Waals surface area (Å²) < 4.78 is 1.32. The molecule has 0 saturated heterocycles. The van der Waals surface area contributed by atoms with Gasteiger partial charge in [0.15, 0.2) is 5.82 Å². The number of benzene rings is 1. The minimum atomic E-state index is -0.271. The highest BCUT2D eigenvalue weighted by molar-refractivity contribution is 5.54. The molecule has 0 unspecified atom stereocenters. The second-order valence-electron chi connectivity index (χ2n) is 4.23. The molecular formula is C12H12N6O. The minimum absolute atomic E-state index is 0.265. The van der Waals surface area contributed by atoms with Crippen LogP contribution in [0.1, 0.15) is 11.4 Å². The van der Waals surface area contributed by atoms with Crippen molar-refractivity contribution in [3.05, 3.63) is 52.5 Å². The van der Waals surface area contributed by atoms with Gasteiger partial charge < -0.3 is 0 Å². The van der Waals surface area contributed by atoms with Crippen LogP contribution < -0.4 is 5.69 Å². The van der Waals surface area contributed by atoms with Crippen LogP contribution in [-0.2, 0) is 6.54 Å². The van der Waals surface area contributed by atoms with E-state index in [1.54, 1.807) is 0 Å². The number of hydrogen-bond acceptors (Lipinski definition) is 4. The van der Waals surface area contributed by atoms with Crippen molar-refractivity contribution >= 4 is 0 Å². The molecule has 3 aromatic rings. The van der Waals surface area contributed by atoms with Crippen molar-refractivity contribution in [3.63, 3.8) is 0 Å². The van der Waals surface area contributed by atoms with Gasteiger partial charge in [-0.2, -0.15) is 5.10 Å². The third kappa shape index (κ3) is 2.30. The molecule has 0 saturated carbocycles. The first-order valence-corrected chi connectivity index (χ1v) is 5.81. The molecule has 19 heavy (non-hydrogen) atoms. The van der Waals surface area contributed by atoms with Gasteiger partial charge >= 0.3 is 5.69 Å². The maximum absolute atomic E-state index is 11.8. The van der Waals surface area contributed by atoms with E-state index >= 15 is 0 Å². The maximum atomic E-state index is 11.8. The van der Waals surface area contributed by atoms with Crippen LogP contribution >= 0.6 is 0 Å². The van der Waals surface area contributed by atoms with Crippen molar-refractivity contribution in [2.75, 3.05) is 0 Å². The van der Waals surface area contributed by atoms with E-state index in [0.717, 1.165) is 11.1 Å². The zero-order valence-corrected chi connectivity index (χ0v) is 10.3. The summed E-state index contributed by atoms with van der Waals surface area (Å²) in [4.78, 5) is 18.5. The van der Waals surface area contributed by atoms with Gasteiger partial charge in [0.05, 0.1) is 0 Å². The van der Waals surface area contributed by atoms with Gasteiger partial charge in [-0.15, -0.1) is 5.10 Å². The molecule has 0 fully saturated rings. The predicted octanol–water partition coefficient (Wildman–Crippen LogP) is 0.713. The Morgan fingerprint density at radius 2 is 2.05 bits per heavy atom. The lowest BCUT2D eigenvalue weighted by Crippen LogP contribution is -2.19. The molecule has 0 aliphatic carbocycles. The minimum Gasteiger partial charge on any atom is -0.289 e. The van der Waals surface area contributed by atoms with Gasteiger partial charge in [0, 0.05) is 5.56 Å². The van der Waals surface area contributed by atoms with Crippen molar-refractivity contribution in [2.24, 2.45) is 0 Å². The lowest BCUT2D eigenvalue weighted by Gasteiger charge is -1.97. The van der Waals surface area contributed by atoms with Crippen LogP contribution in [0.3, 0.4) is 0 Å². The summed E-state index contributed by atoms with van der Waals surface area (Å²) in [7, 11) is 0. The van der Waals surface area contributed by atoms with Gasteiger partial charge in [-0.3, -0.25) is 10.1 Å². The second kappa shape index (κ2) is 4.52. The topological polar surface area (TPSA) is 92.2 Å². The summed E-state index contributed by atoms with van der Waals surface area (Å²) in [6.07, 6.45) is 1.40. The number of hydrogen-bond donors (Lipinski definition) is 2. The number of aromatic amines is 2. The predicted molar refractivity (Wildman–Crippen MR) is 68.5 cm³/mol. The van der Waals surface area contributed by atoms with Gasteiger partial charge in [0.25, 0.3) is 0 Å². The Balaban J connectivity index is 1.93. The molecular weight excluding hydrogens is 244 g/mol. The monoisotopic (exact) mass is 256 g/mol. The summed E-state index contributed by atoms with van der Waals surface area (Å²) in [5.41, 5.74) is 1.76. The highest BCUT2D eigenvalue weighted by Gasteiger charge is 2.08. The zero-order valence-electron chi connectivity index (χ0n) is 10.3. The van der Waals surface area contributed by atoms with Gasteiger partial charge in [0.2, 0.25) is 0 Å². The van der Waals surface area contributed by atoms with Crippen LogP contribution in [-0.4, -0.2) is 29.9 Å². The molecule has 0 bridgehead atoms. The first-order valence-electron chi connectivity index (χ1n) is 5.81. The highest BCUT2D eigenvalue weighted by atomic mass is 16.1. The van der Waals surface area contributed by atoms with E-state index in [9.17, 15) is 4.79 Å². The van der Waals surface area contributed by atoms with E-state index < -0.39 is 0 Å². The fourth-order valence-electron chi connectivity index (χ4n) is 1.75. The van der Waals surface area contributed by atoms with Crippen molar-refractivity contribution in [1.82, 2.24) is 29.9 Å². The SMILES string of the molecule is Cc1ccc(-c2nn(Cc3ncn[nH]3)c(=O)[nH]2)cc1. The van der Waals surface area contributed by atoms with Crippen molar-refractivity contribution in [1.29, 1.82) is 0 Å². The van der Waals surface area contributed by atoms with Gasteiger partial charge in [-0.25, -0.2) is 14.5 Å². The van der Waals surface area contributed by atoms with Crippen LogP contribution in [0.4, 0.5) is 0 Å². The Morgan fingerprint density at radius 1 is 1.26 bits per heavy atom. The van der Waals surface area contributed by atoms with E-state index in [4.69, 9.17) is 0 Å². The first kappa shape index (κ1) is 11.4. The molecule has 96 valence electrons. The van der Waals surface area contributed by atoms with E-state index in [-0.39, 0.29) is 12.2 Å². The molecule has 0 atom stereocenters. The molecule has 2 aromatic heterocycles. The molecule has 0 amide bonds. The maximum Gasteiger partial charge on any atom is 0.343 e. The summed E-state index contributed by atoms with van der Waals surface area (Å²) >= 11 is 0. The smallest absolute Gasteiger partial charge is 0.289 e. The molecule has 2 heterocycles. The molecule has 0 aliphatic heterocycles. The summed E-state index contributed by atoms with van der Waals surface area (Å²) in [5, 5.41) is 10.7. The Morgan fingerprint density at radius 3 is 2.74 bits per heavy atom. The van der Waals surface area contributed by atoms with E-state index in [0.29, 0.717) is 11.6 Å². The molecule has 0 radical (unpaired) electrons.